The summed E-state index contributed by atoms with van der Waals surface area (Å²) in [6, 6.07) is 29.9. The van der Waals surface area contributed by atoms with E-state index >= 15 is 0 Å². The number of hydrogen-bond acceptors (Lipinski definition) is 5. The van der Waals surface area contributed by atoms with Crippen molar-refractivity contribution in [3.05, 3.63) is 108 Å². The first-order chi connectivity index (χ1) is 17.1. The number of carboxylic acid groups (broad SMARTS) is 1. The number of ether oxygens (including phenoxy) is 1. The van der Waals surface area contributed by atoms with Crippen LogP contribution in [0.15, 0.2) is 91.0 Å². The molecule has 1 amide bonds. The summed E-state index contributed by atoms with van der Waals surface area (Å²) >= 11 is 0. The minimum atomic E-state index is -0.942. The maximum Gasteiger partial charge on any atom is 0.407 e. The van der Waals surface area contributed by atoms with Crippen LogP contribution in [0.4, 0.5) is 4.79 Å². The molecule has 0 radical (unpaired) electrons. The van der Waals surface area contributed by atoms with Gasteiger partial charge in [0.2, 0.25) is 0 Å². The van der Waals surface area contributed by atoms with Gasteiger partial charge >= 0.3 is 12.1 Å². The standard InChI is InChI=1S/C28H33N3O4/c32-27(33)20-30-25(18-31-28(34)35-21-22-10-4-1-5-11-22)16-17-29-19-26(23-12-6-2-7-13-23)24-14-8-3-9-15-24/h1-15,25-26,29-30H,16-21H2,(H,31,34)(H,32,33). The molecule has 0 saturated carbocycles. The fourth-order valence-electron chi connectivity index (χ4n) is 3.81. The Kier molecular flexibility index (Phi) is 10.8. The Labute approximate surface area is 206 Å². The number of nitrogens with one attached hydrogen (secondary N) is 3. The highest BCUT2D eigenvalue weighted by Crippen LogP contribution is 2.23. The molecule has 4 N–H and O–H groups in total. The van der Waals surface area contributed by atoms with Crippen molar-refractivity contribution in [3.63, 3.8) is 0 Å². The molecule has 0 spiro atoms. The van der Waals surface area contributed by atoms with Crippen molar-refractivity contribution in [1.29, 1.82) is 0 Å². The molecule has 7 heteroatoms. The molecule has 0 bridgehead atoms. The van der Waals surface area contributed by atoms with Crippen molar-refractivity contribution in [3.8, 4) is 0 Å². The molecule has 0 aliphatic rings. The largest absolute Gasteiger partial charge is 0.480 e. The molecule has 1 atom stereocenters. The van der Waals surface area contributed by atoms with Crippen molar-refractivity contribution < 1.29 is 19.4 Å². The summed E-state index contributed by atoms with van der Waals surface area (Å²) in [5.41, 5.74) is 3.36. The number of alkyl carbamates (subject to hydrolysis) is 1. The second kappa shape index (κ2) is 14.6. The number of carbonyl (C=O) groups excluding carboxylic acids is 1. The van der Waals surface area contributed by atoms with E-state index in [-0.39, 0.29) is 31.7 Å². The minimum absolute atomic E-state index is 0.179. The van der Waals surface area contributed by atoms with Gasteiger partial charge < -0.3 is 25.8 Å². The van der Waals surface area contributed by atoms with Gasteiger partial charge in [0.05, 0.1) is 6.54 Å². The van der Waals surface area contributed by atoms with Crippen molar-refractivity contribution in [1.82, 2.24) is 16.0 Å². The van der Waals surface area contributed by atoms with E-state index in [1.165, 1.54) is 11.1 Å². The predicted molar refractivity (Wildman–Crippen MR) is 136 cm³/mol. The quantitative estimate of drug-likeness (QED) is 0.265. The van der Waals surface area contributed by atoms with Crippen LogP contribution >= 0.6 is 0 Å². The lowest BCUT2D eigenvalue weighted by Gasteiger charge is -2.21. The van der Waals surface area contributed by atoms with Crippen LogP contribution < -0.4 is 16.0 Å². The van der Waals surface area contributed by atoms with E-state index in [1.54, 1.807) is 0 Å². The maximum absolute atomic E-state index is 12.1. The van der Waals surface area contributed by atoms with Crippen LogP contribution in [0.3, 0.4) is 0 Å². The monoisotopic (exact) mass is 475 g/mol. The third kappa shape index (κ3) is 9.60. The highest BCUT2D eigenvalue weighted by atomic mass is 16.5. The van der Waals surface area contributed by atoms with Crippen LogP contribution in [-0.4, -0.2) is 49.4 Å². The average Bonchev–Trinajstić information content (AvgIpc) is 2.90. The lowest BCUT2D eigenvalue weighted by molar-refractivity contribution is -0.136. The van der Waals surface area contributed by atoms with Gasteiger partial charge in [-0.05, 0) is 29.7 Å². The molecule has 0 aliphatic carbocycles. The Hall–Kier alpha value is -3.68. The van der Waals surface area contributed by atoms with E-state index < -0.39 is 12.1 Å². The van der Waals surface area contributed by atoms with E-state index in [0.717, 1.165) is 12.1 Å². The first-order valence-corrected chi connectivity index (χ1v) is 11.8. The van der Waals surface area contributed by atoms with Crippen molar-refractivity contribution in [2.24, 2.45) is 0 Å². The molecule has 3 aromatic carbocycles. The number of benzene rings is 3. The molecule has 184 valence electrons. The summed E-state index contributed by atoms with van der Waals surface area (Å²) in [4.78, 5) is 23.1. The fourth-order valence-corrected chi connectivity index (χ4v) is 3.81. The number of carbonyl (C=O) groups is 2. The smallest absolute Gasteiger partial charge is 0.407 e. The Balaban J connectivity index is 1.48. The molecular formula is C28H33N3O4. The van der Waals surface area contributed by atoms with Crippen LogP contribution in [0.1, 0.15) is 29.0 Å². The Morgan fingerprint density at radius 1 is 0.800 bits per heavy atom. The van der Waals surface area contributed by atoms with Gasteiger partial charge in [-0.25, -0.2) is 4.79 Å². The predicted octanol–water partition coefficient (Wildman–Crippen LogP) is 3.77. The number of aliphatic carboxylic acids is 1. The third-order valence-electron chi connectivity index (χ3n) is 5.67. The van der Waals surface area contributed by atoms with E-state index in [9.17, 15) is 9.59 Å². The molecule has 35 heavy (non-hydrogen) atoms. The van der Waals surface area contributed by atoms with Gasteiger partial charge in [-0.3, -0.25) is 4.79 Å². The Morgan fingerprint density at radius 2 is 1.37 bits per heavy atom. The summed E-state index contributed by atoms with van der Waals surface area (Å²) < 4.78 is 5.25. The second-order valence-corrected chi connectivity index (χ2v) is 8.28. The molecular weight excluding hydrogens is 442 g/mol. The van der Waals surface area contributed by atoms with Crippen molar-refractivity contribution >= 4 is 12.1 Å². The highest BCUT2D eigenvalue weighted by molar-refractivity contribution is 5.69. The topological polar surface area (TPSA) is 99.7 Å². The van der Waals surface area contributed by atoms with Crippen LogP contribution in [0.5, 0.6) is 0 Å². The Morgan fingerprint density at radius 3 is 1.94 bits per heavy atom. The van der Waals surface area contributed by atoms with E-state index in [0.29, 0.717) is 13.0 Å². The normalized spacial score (nSPS) is 11.7. The molecule has 3 aromatic rings. The van der Waals surface area contributed by atoms with Gasteiger partial charge in [-0.15, -0.1) is 0 Å². The molecule has 1 unspecified atom stereocenters. The van der Waals surface area contributed by atoms with E-state index in [2.05, 4.69) is 40.2 Å². The highest BCUT2D eigenvalue weighted by Gasteiger charge is 2.15. The van der Waals surface area contributed by atoms with E-state index in [1.807, 2.05) is 66.7 Å². The summed E-state index contributed by atoms with van der Waals surface area (Å²) in [6.45, 7) is 1.67. The average molecular weight is 476 g/mol. The summed E-state index contributed by atoms with van der Waals surface area (Å²) in [5, 5.41) is 18.3. The van der Waals surface area contributed by atoms with Crippen LogP contribution in [-0.2, 0) is 16.1 Å². The SMILES string of the molecule is O=C(O)CNC(CCNCC(c1ccccc1)c1ccccc1)CNC(=O)OCc1ccccc1. The summed E-state index contributed by atoms with van der Waals surface area (Å²) in [7, 11) is 0. The first-order valence-electron chi connectivity index (χ1n) is 11.8. The molecule has 3 rings (SSSR count). The fraction of sp³-hybridized carbons (Fsp3) is 0.286. The maximum atomic E-state index is 12.1. The first kappa shape index (κ1) is 25.9. The minimum Gasteiger partial charge on any atom is -0.480 e. The third-order valence-corrected chi connectivity index (χ3v) is 5.67. The molecule has 0 aromatic heterocycles. The number of carboxylic acids is 1. The zero-order valence-corrected chi connectivity index (χ0v) is 19.7. The molecule has 0 saturated heterocycles. The van der Waals surface area contributed by atoms with E-state index in [4.69, 9.17) is 9.84 Å². The van der Waals surface area contributed by atoms with Gasteiger partial charge in [0, 0.05) is 25.0 Å². The Bertz CT molecular complexity index is 977. The molecule has 0 heterocycles. The van der Waals surface area contributed by atoms with Crippen molar-refractivity contribution in [2.75, 3.05) is 26.2 Å². The molecule has 0 fully saturated rings. The van der Waals surface area contributed by atoms with Crippen LogP contribution in [0.25, 0.3) is 0 Å². The summed E-state index contributed by atoms with van der Waals surface area (Å²) in [5.74, 6) is -0.739. The van der Waals surface area contributed by atoms with Gasteiger partial charge in [-0.2, -0.15) is 0 Å². The van der Waals surface area contributed by atoms with Gasteiger partial charge in [0.1, 0.15) is 6.61 Å². The van der Waals surface area contributed by atoms with Gasteiger partial charge in [-0.1, -0.05) is 91.0 Å². The second-order valence-electron chi connectivity index (χ2n) is 8.28. The van der Waals surface area contributed by atoms with Crippen molar-refractivity contribution in [2.45, 2.75) is 25.0 Å². The number of amides is 1. The van der Waals surface area contributed by atoms with Gasteiger partial charge in [0.15, 0.2) is 0 Å². The van der Waals surface area contributed by atoms with Crippen LogP contribution in [0, 0.1) is 0 Å². The van der Waals surface area contributed by atoms with Gasteiger partial charge in [0.25, 0.3) is 0 Å². The summed E-state index contributed by atoms with van der Waals surface area (Å²) in [6.07, 6.45) is 0.111. The lowest BCUT2D eigenvalue weighted by Crippen LogP contribution is -2.44. The number of rotatable bonds is 14. The number of hydrogen-bond donors (Lipinski definition) is 4. The molecule has 0 aliphatic heterocycles. The zero-order chi connectivity index (χ0) is 24.7. The lowest BCUT2D eigenvalue weighted by atomic mass is 9.91. The van der Waals surface area contributed by atoms with Crippen LogP contribution in [0.2, 0.25) is 0 Å². The molecule has 7 nitrogen and oxygen atoms in total. The zero-order valence-electron chi connectivity index (χ0n) is 19.7.